The number of nitrogens with zero attached hydrogens (tertiary/aromatic N) is 5. The second-order valence-corrected chi connectivity index (χ2v) is 6.02. The molecule has 1 N–H and O–H groups in total. The van der Waals surface area contributed by atoms with Gasteiger partial charge in [0.25, 0.3) is 0 Å². The first kappa shape index (κ1) is 14.6. The van der Waals surface area contributed by atoms with Crippen molar-refractivity contribution in [1.29, 1.82) is 5.26 Å². The molecular formula is C18H18N6. The molecule has 120 valence electrons. The van der Waals surface area contributed by atoms with E-state index in [1.54, 1.807) is 6.20 Å². The van der Waals surface area contributed by atoms with E-state index in [0.717, 1.165) is 17.5 Å². The number of anilines is 1. The molecule has 0 radical (unpaired) electrons. The van der Waals surface area contributed by atoms with Crippen molar-refractivity contribution >= 4 is 16.9 Å². The summed E-state index contributed by atoms with van der Waals surface area (Å²) in [7, 11) is 0. The van der Waals surface area contributed by atoms with Crippen LogP contribution in [0.2, 0.25) is 0 Å². The number of hydrogen-bond acceptors (Lipinski definition) is 5. The first-order chi connectivity index (χ1) is 11.8. The van der Waals surface area contributed by atoms with E-state index >= 15 is 0 Å². The number of imidazole rings is 1. The van der Waals surface area contributed by atoms with Gasteiger partial charge in [-0.25, -0.2) is 15.0 Å². The third kappa shape index (κ3) is 2.58. The number of rotatable bonds is 5. The number of nitriles is 1. The Labute approximate surface area is 140 Å². The first-order valence-corrected chi connectivity index (χ1v) is 8.25. The van der Waals surface area contributed by atoms with Gasteiger partial charge in [0.15, 0.2) is 11.5 Å². The van der Waals surface area contributed by atoms with Crippen LogP contribution >= 0.6 is 0 Å². The Morgan fingerprint density at radius 2 is 2.12 bits per heavy atom. The summed E-state index contributed by atoms with van der Waals surface area (Å²) in [6, 6.07) is 9.05. The smallest absolute Gasteiger partial charge is 0.182 e. The number of hydrogen-bond donors (Lipinski definition) is 1. The highest BCUT2D eigenvalue weighted by Crippen LogP contribution is 2.38. The Morgan fingerprint density at radius 1 is 1.29 bits per heavy atom. The molecule has 1 aliphatic carbocycles. The topological polar surface area (TPSA) is 79.4 Å². The quantitative estimate of drug-likeness (QED) is 0.781. The molecule has 4 rings (SSSR count). The zero-order chi connectivity index (χ0) is 16.5. The second kappa shape index (κ2) is 5.93. The van der Waals surface area contributed by atoms with E-state index < -0.39 is 0 Å². The van der Waals surface area contributed by atoms with Gasteiger partial charge in [-0.3, -0.25) is 0 Å². The van der Waals surface area contributed by atoms with Crippen molar-refractivity contribution in [2.75, 3.05) is 5.32 Å². The highest BCUT2D eigenvalue weighted by molar-refractivity contribution is 5.77. The Kier molecular flexibility index (Phi) is 3.62. The molecule has 1 fully saturated rings. The van der Waals surface area contributed by atoms with Crippen LogP contribution < -0.4 is 5.32 Å². The van der Waals surface area contributed by atoms with Crippen LogP contribution in [-0.4, -0.2) is 19.5 Å². The van der Waals surface area contributed by atoms with Crippen LogP contribution in [0.25, 0.3) is 11.0 Å². The number of fused-ring (bicyclic) bond motifs is 1. The van der Waals surface area contributed by atoms with Crippen LogP contribution in [0.1, 0.15) is 42.9 Å². The molecule has 0 saturated heterocycles. The number of aryl methyl sites for hydroxylation is 1. The van der Waals surface area contributed by atoms with Crippen LogP contribution in [0.4, 0.5) is 5.82 Å². The summed E-state index contributed by atoms with van der Waals surface area (Å²) >= 11 is 0. The van der Waals surface area contributed by atoms with E-state index in [-0.39, 0.29) is 0 Å². The molecule has 0 amide bonds. The SMILES string of the molecule is CCc1nc2cc(CNc3nccnc3C#N)ccc2n1C1CC1. The van der Waals surface area contributed by atoms with Crippen molar-refractivity contribution in [3.8, 4) is 6.07 Å². The maximum atomic E-state index is 9.07. The summed E-state index contributed by atoms with van der Waals surface area (Å²) in [5.41, 5.74) is 3.68. The molecule has 6 nitrogen and oxygen atoms in total. The minimum atomic E-state index is 0.310. The molecule has 24 heavy (non-hydrogen) atoms. The van der Waals surface area contributed by atoms with Crippen LogP contribution in [-0.2, 0) is 13.0 Å². The standard InChI is InChI=1S/C18H18N6/c1-2-17-23-14-9-12(3-6-16(14)24(17)13-4-5-13)11-22-18-15(10-19)20-7-8-21-18/h3,6-9,13H,2,4-5,11H2,1H3,(H,21,22). The van der Waals surface area contributed by atoms with Crippen molar-refractivity contribution < 1.29 is 0 Å². The molecular weight excluding hydrogens is 300 g/mol. The van der Waals surface area contributed by atoms with Gasteiger partial charge in [0.05, 0.1) is 11.0 Å². The molecule has 0 spiro atoms. The molecule has 1 aromatic carbocycles. The predicted molar refractivity (Wildman–Crippen MR) is 91.5 cm³/mol. The molecule has 2 aromatic heterocycles. The normalized spacial score (nSPS) is 13.8. The lowest BCUT2D eigenvalue weighted by atomic mass is 10.2. The van der Waals surface area contributed by atoms with E-state index in [9.17, 15) is 0 Å². The fourth-order valence-corrected chi connectivity index (χ4v) is 3.03. The minimum absolute atomic E-state index is 0.310. The largest absolute Gasteiger partial charge is 0.364 e. The summed E-state index contributed by atoms with van der Waals surface area (Å²) in [5.74, 6) is 1.68. The van der Waals surface area contributed by atoms with Gasteiger partial charge in [0, 0.05) is 31.4 Å². The van der Waals surface area contributed by atoms with Gasteiger partial charge in [-0.05, 0) is 30.5 Å². The Morgan fingerprint density at radius 3 is 2.88 bits per heavy atom. The first-order valence-electron chi connectivity index (χ1n) is 8.25. The molecule has 1 aliphatic rings. The van der Waals surface area contributed by atoms with E-state index in [2.05, 4.69) is 45.0 Å². The molecule has 0 aliphatic heterocycles. The lowest BCUT2D eigenvalue weighted by Crippen LogP contribution is -2.04. The highest BCUT2D eigenvalue weighted by Gasteiger charge is 2.27. The fourth-order valence-electron chi connectivity index (χ4n) is 3.03. The van der Waals surface area contributed by atoms with Gasteiger partial charge in [0.2, 0.25) is 0 Å². The molecule has 3 aromatic rings. The third-order valence-electron chi connectivity index (χ3n) is 4.32. The zero-order valence-corrected chi connectivity index (χ0v) is 13.5. The van der Waals surface area contributed by atoms with Crippen LogP contribution in [0.3, 0.4) is 0 Å². The van der Waals surface area contributed by atoms with Crippen molar-refractivity contribution in [3.05, 3.63) is 47.7 Å². The van der Waals surface area contributed by atoms with Crippen molar-refractivity contribution in [1.82, 2.24) is 19.5 Å². The average molecular weight is 318 g/mol. The lowest BCUT2D eigenvalue weighted by Gasteiger charge is -2.07. The second-order valence-electron chi connectivity index (χ2n) is 6.02. The van der Waals surface area contributed by atoms with E-state index in [1.165, 1.54) is 30.4 Å². The van der Waals surface area contributed by atoms with Crippen LogP contribution in [0.5, 0.6) is 0 Å². The summed E-state index contributed by atoms with van der Waals surface area (Å²) in [4.78, 5) is 13.0. The monoisotopic (exact) mass is 318 g/mol. The highest BCUT2D eigenvalue weighted by atomic mass is 15.1. The van der Waals surface area contributed by atoms with Crippen LogP contribution in [0, 0.1) is 11.3 Å². The molecule has 0 unspecified atom stereocenters. The fraction of sp³-hybridized carbons (Fsp3) is 0.333. The van der Waals surface area contributed by atoms with Crippen molar-refractivity contribution in [3.63, 3.8) is 0 Å². The molecule has 0 atom stereocenters. The average Bonchev–Trinajstić information content (AvgIpc) is 3.40. The predicted octanol–water partition coefficient (Wildman–Crippen LogP) is 3.21. The van der Waals surface area contributed by atoms with Crippen LogP contribution in [0.15, 0.2) is 30.6 Å². The molecule has 0 bridgehead atoms. The maximum Gasteiger partial charge on any atom is 0.182 e. The Bertz CT molecular complexity index is 932. The van der Waals surface area contributed by atoms with Gasteiger partial charge < -0.3 is 9.88 Å². The van der Waals surface area contributed by atoms with E-state index in [4.69, 9.17) is 10.2 Å². The van der Waals surface area contributed by atoms with E-state index in [0.29, 0.717) is 24.1 Å². The number of nitrogens with one attached hydrogen (secondary N) is 1. The summed E-state index contributed by atoms with van der Waals surface area (Å²) in [6.45, 7) is 2.74. The third-order valence-corrected chi connectivity index (χ3v) is 4.32. The van der Waals surface area contributed by atoms with Crippen molar-refractivity contribution in [2.24, 2.45) is 0 Å². The lowest BCUT2D eigenvalue weighted by molar-refractivity contribution is 0.708. The van der Waals surface area contributed by atoms with E-state index in [1.807, 2.05) is 6.07 Å². The summed E-state index contributed by atoms with van der Waals surface area (Å²) in [6.07, 6.45) is 6.56. The summed E-state index contributed by atoms with van der Waals surface area (Å²) in [5, 5.41) is 12.3. The minimum Gasteiger partial charge on any atom is -0.364 e. The van der Waals surface area contributed by atoms with Gasteiger partial charge in [-0.1, -0.05) is 13.0 Å². The Hall–Kier alpha value is -2.94. The maximum absolute atomic E-state index is 9.07. The summed E-state index contributed by atoms with van der Waals surface area (Å²) < 4.78 is 2.39. The molecule has 6 heteroatoms. The molecule has 1 saturated carbocycles. The van der Waals surface area contributed by atoms with Gasteiger partial charge >= 0.3 is 0 Å². The van der Waals surface area contributed by atoms with Gasteiger partial charge in [-0.15, -0.1) is 0 Å². The van der Waals surface area contributed by atoms with Gasteiger partial charge in [0.1, 0.15) is 11.9 Å². The van der Waals surface area contributed by atoms with Crippen molar-refractivity contribution in [2.45, 2.75) is 38.8 Å². The van der Waals surface area contributed by atoms with Gasteiger partial charge in [-0.2, -0.15) is 5.26 Å². The number of aromatic nitrogens is 4. The molecule has 2 heterocycles. The zero-order valence-electron chi connectivity index (χ0n) is 13.5. The Balaban J connectivity index is 1.60. The number of benzene rings is 1.